The van der Waals surface area contributed by atoms with Gasteiger partial charge in [0.2, 0.25) is 0 Å². The number of hydrogen-bond acceptors (Lipinski definition) is 2. The van der Waals surface area contributed by atoms with Crippen molar-refractivity contribution in [3.63, 3.8) is 0 Å². The van der Waals surface area contributed by atoms with Gasteiger partial charge in [-0.1, -0.05) is 45.7 Å². The zero-order valence-corrected chi connectivity index (χ0v) is 14.4. The Morgan fingerprint density at radius 1 is 1.15 bits per heavy atom. The summed E-state index contributed by atoms with van der Waals surface area (Å²) in [5.41, 5.74) is 2.63. The molecule has 0 saturated carbocycles. The molecule has 0 bridgehead atoms. The molecule has 0 amide bonds. The Hall–Kier alpha value is -0.640. The van der Waals surface area contributed by atoms with Crippen molar-refractivity contribution in [1.29, 1.82) is 0 Å². The predicted octanol–water partition coefficient (Wildman–Crippen LogP) is 5.59. The number of methoxy groups -OCH3 is 1. The summed E-state index contributed by atoms with van der Waals surface area (Å²) in [6, 6.07) is 14.2. The first kappa shape index (κ1) is 15.7. The van der Waals surface area contributed by atoms with E-state index in [1.165, 1.54) is 11.1 Å². The molecule has 0 N–H and O–H groups in total. The highest BCUT2D eigenvalue weighted by Crippen LogP contribution is 2.24. The summed E-state index contributed by atoms with van der Waals surface area (Å²) in [7, 11) is 1.69. The number of hydrogen-bond donors (Lipinski definition) is 0. The van der Waals surface area contributed by atoms with Gasteiger partial charge in [0.15, 0.2) is 0 Å². The van der Waals surface area contributed by atoms with Crippen LogP contribution in [0, 0.1) is 0 Å². The summed E-state index contributed by atoms with van der Waals surface area (Å²) in [4.78, 5) is 0. The van der Waals surface area contributed by atoms with E-state index in [9.17, 15) is 0 Å². The van der Waals surface area contributed by atoms with Crippen molar-refractivity contribution >= 4 is 39.3 Å². The molecule has 0 unspecified atom stereocenters. The summed E-state index contributed by atoms with van der Waals surface area (Å²) < 4.78 is 6.25. The standard InChI is InChI=1S/C16H16BrClOS/c1-19-15-6-2-12(3-7-15)11-20-9-8-13-4-5-14(18)10-16(13)17/h2-7,10H,8-9,11H2,1H3. The van der Waals surface area contributed by atoms with Gasteiger partial charge in [-0.3, -0.25) is 0 Å². The molecule has 2 rings (SSSR count). The monoisotopic (exact) mass is 370 g/mol. The number of aryl methyl sites for hydroxylation is 1. The smallest absolute Gasteiger partial charge is 0.118 e. The first-order chi connectivity index (χ1) is 9.69. The van der Waals surface area contributed by atoms with Crippen molar-refractivity contribution in [3.8, 4) is 5.75 Å². The van der Waals surface area contributed by atoms with Crippen LogP contribution in [0.25, 0.3) is 0 Å². The molecular weight excluding hydrogens is 356 g/mol. The highest BCUT2D eigenvalue weighted by atomic mass is 79.9. The van der Waals surface area contributed by atoms with Crippen molar-refractivity contribution in [1.82, 2.24) is 0 Å². The Kier molecular flexibility index (Phi) is 6.27. The van der Waals surface area contributed by atoms with Crippen LogP contribution in [-0.4, -0.2) is 12.9 Å². The van der Waals surface area contributed by atoms with E-state index in [1.54, 1.807) is 7.11 Å². The molecule has 106 valence electrons. The van der Waals surface area contributed by atoms with Crippen LogP contribution in [0.2, 0.25) is 5.02 Å². The fraction of sp³-hybridized carbons (Fsp3) is 0.250. The van der Waals surface area contributed by atoms with Crippen molar-refractivity contribution in [2.24, 2.45) is 0 Å². The highest BCUT2D eigenvalue weighted by Gasteiger charge is 2.01. The second kappa shape index (κ2) is 7.96. The Morgan fingerprint density at radius 3 is 2.55 bits per heavy atom. The molecule has 0 radical (unpaired) electrons. The molecular formula is C16H16BrClOS. The summed E-state index contributed by atoms with van der Waals surface area (Å²) in [6.07, 6.45) is 1.04. The zero-order chi connectivity index (χ0) is 14.4. The van der Waals surface area contributed by atoms with Gasteiger partial charge in [-0.2, -0.15) is 11.8 Å². The van der Waals surface area contributed by atoms with Crippen LogP contribution in [0.4, 0.5) is 0 Å². The molecule has 0 fully saturated rings. The fourth-order valence-corrected chi connectivity index (χ4v) is 3.64. The van der Waals surface area contributed by atoms with Crippen LogP contribution in [0.15, 0.2) is 46.9 Å². The molecule has 1 nitrogen and oxygen atoms in total. The lowest BCUT2D eigenvalue weighted by Gasteiger charge is -2.06. The maximum absolute atomic E-state index is 5.94. The molecule has 0 aromatic heterocycles. The first-order valence-electron chi connectivity index (χ1n) is 6.33. The number of ether oxygens (including phenoxy) is 1. The summed E-state index contributed by atoms with van der Waals surface area (Å²) in [6.45, 7) is 0. The largest absolute Gasteiger partial charge is 0.497 e. The van der Waals surface area contributed by atoms with Crippen molar-refractivity contribution in [2.75, 3.05) is 12.9 Å². The van der Waals surface area contributed by atoms with E-state index in [-0.39, 0.29) is 0 Å². The van der Waals surface area contributed by atoms with Gasteiger partial charge in [-0.25, -0.2) is 0 Å². The van der Waals surface area contributed by atoms with E-state index < -0.39 is 0 Å². The number of benzene rings is 2. The van der Waals surface area contributed by atoms with Gasteiger partial charge < -0.3 is 4.74 Å². The number of thioether (sulfide) groups is 1. The molecule has 2 aromatic carbocycles. The molecule has 0 heterocycles. The van der Waals surface area contributed by atoms with Crippen LogP contribution in [-0.2, 0) is 12.2 Å². The lowest BCUT2D eigenvalue weighted by atomic mass is 10.2. The summed E-state index contributed by atoms with van der Waals surface area (Å²) in [5, 5.41) is 0.770. The van der Waals surface area contributed by atoms with Crippen LogP contribution < -0.4 is 4.74 Å². The summed E-state index contributed by atoms with van der Waals surface area (Å²) in [5.74, 6) is 3.02. The van der Waals surface area contributed by atoms with Crippen LogP contribution in [0.1, 0.15) is 11.1 Å². The van der Waals surface area contributed by atoms with E-state index >= 15 is 0 Å². The minimum absolute atomic E-state index is 0.770. The lowest BCUT2D eigenvalue weighted by molar-refractivity contribution is 0.414. The van der Waals surface area contributed by atoms with Gasteiger partial charge in [0.05, 0.1) is 7.11 Å². The molecule has 0 atom stereocenters. The third kappa shape index (κ3) is 4.72. The van der Waals surface area contributed by atoms with E-state index in [1.807, 2.05) is 36.0 Å². The van der Waals surface area contributed by atoms with E-state index in [4.69, 9.17) is 16.3 Å². The van der Waals surface area contributed by atoms with Crippen LogP contribution >= 0.6 is 39.3 Å². The molecule has 0 aliphatic carbocycles. The summed E-state index contributed by atoms with van der Waals surface area (Å²) >= 11 is 11.4. The molecule has 0 aliphatic rings. The SMILES string of the molecule is COc1ccc(CSCCc2ccc(Cl)cc2Br)cc1. The molecule has 20 heavy (non-hydrogen) atoms. The fourth-order valence-electron chi connectivity index (χ4n) is 1.82. The average Bonchev–Trinajstić information content (AvgIpc) is 2.46. The van der Waals surface area contributed by atoms with Gasteiger partial charge in [0, 0.05) is 15.2 Å². The third-order valence-electron chi connectivity index (χ3n) is 2.96. The van der Waals surface area contributed by atoms with Gasteiger partial charge in [-0.15, -0.1) is 0 Å². The Bertz CT molecular complexity index is 557. The van der Waals surface area contributed by atoms with Gasteiger partial charge in [0.1, 0.15) is 5.75 Å². The lowest BCUT2D eigenvalue weighted by Crippen LogP contribution is -1.91. The highest BCUT2D eigenvalue weighted by molar-refractivity contribution is 9.10. The molecule has 2 aromatic rings. The third-order valence-corrected chi connectivity index (χ3v) is 4.96. The van der Waals surface area contributed by atoms with Gasteiger partial charge >= 0.3 is 0 Å². The molecule has 0 spiro atoms. The van der Waals surface area contributed by atoms with Gasteiger partial charge in [-0.05, 0) is 47.6 Å². The maximum atomic E-state index is 5.94. The van der Waals surface area contributed by atoms with Gasteiger partial charge in [0.25, 0.3) is 0 Å². The minimum Gasteiger partial charge on any atom is -0.497 e. The molecule has 0 aliphatic heterocycles. The van der Waals surface area contributed by atoms with E-state index in [2.05, 4.69) is 34.1 Å². The molecule has 0 saturated heterocycles. The molecule has 4 heteroatoms. The van der Waals surface area contributed by atoms with E-state index in [0.29, 0.717) is 0 Å². The normalized spacial score (nSPS) is 10.6. The average molecular weight is 372 g/mol. The van der Waals surface area contributed by atoms with Crippen LogP contribution in [0.3, 0.4) is 0 Å². The number of rotatable bonds is 6. The predicted molar refractivity (Wildman–Crippen MR) is 92.0 cm³/mol. The topological polar surface area (TPSA) is 9.23 Å². The first-order valence-corrected chi connectivity index (χ1v) is 8.66. The van der Waals surface area contributed by atoms with Crippen molar-refractivity contribution in [2.45, 2.75) is 12.2 Å². The maximum Gasteiger partial charge on any atom is 0.118 e. The van der Waals surface area contributed by atoms with Crippen molar-refractivity contribution in [3.05, 3.63) is 63.1 Å². The minimum atomic E-state index is 0.770. The van der Waals surface area contributed by atoms with Crippen molar-refractivity contribution < 1.29 is 4.74 Å². The van der Waals surface area contributed by atoms with Crippen LogP contribution in [0.5, 0.6) is 5.75 Å². The second-order valence-electron chi connectivity index (χ2n) is 4.39. The number of halogens is 2. The quantitative estimate of drug-likeness (QED) is 0.612. The Balaban J connectivity index is 1.78. The Labute approximate surface area is 137 Å². The van der Waals surface area contributed by atoms with E-state index in [0.717, 1.165) is 33.2 Å². The second-order valence-corrected chi connectivity index (χ2v) is 6.78. The zero-order valence-electron chi connectivity index (χ0n) is 11.2. The Morgan fingerprint density at radius 2 is 1.90 bits per heavy atom.